The maximum absolute atomic E-state index is 12.2. The van der Waals surface area contributed by atoms with E-state index in [0.29, 0.717) is 30.3 Å². The highest BCUT2D eigenvalue weighted by molar-refractivity contribution is 5.85. The number of piperazine rings is 1. The molecule has 0 saturated carbocycles. The molecule has 1 rings (SSSR count). The van der Waals surface area contributed by atoms with Crippen molar-refractivity contribution in [3.05, 3.63) is 0 Å². The summed E-state index contributed by atoms with van der Waals surface area (Å²) in [4.78, 5) is 14.3. The summed E-state index contributed by atoms with van der Waals surface area (Å²) in [7, 11) is 0. The number of hydrogen-bond donors (Lipinski definition) is 1. The molecule has 1 saturated heterocycles. The number of nitrogens with one attached hydrogen (secondary N) is 1. The molecule has 0 aromatic rings. The van der Waals surface area contributed by atoms with Gasteiger partial charge in [0.05, 0.1) is 0 Å². The lowest BCUT2D eigenvalue weighted by atomic mass is 9.80. The van der Waals surface area contributed by atoms with Crippen LogP contribution in [0, 0.1) is 11.3 Å². The molecular weight excluding hydrogens is 248 g/mol. The van der Waals surface area contributed by atoms with Crippen LogP contribution in [0.15, 0.2) is 0 Å². The third kappa shape index (κ3) is 5.15. The molecule has 0 spiro atoms. The summed E-state index contributed by atoms with van der Waals surface area (Å²) in [5.41, 5.74) is 0.209. The van der Waals surface area contributed by atoms with E-state index >= 15 is 0 Å². The average molecular weight is 277 g/mol. The van der Waals surface area contributed by atoms with Crippen LogP contribution in [0.2, 0.25) is 0 Å². The van der Waals surface area contributed by atoms with Crippen LogP contribution in [0.25, 0.3) is 0 Å². The summed E-state index contributed by atoms with van der Waals surface area (Å²) < 4.78 is 0. The van der Waals surface area contributed by atoms with Crippen LogP contribution in [0.3, 0.4) is 0 Å². The number of nitrogens with zero attached hydrogens (tertiary/aromatic N) is 1. The molecular formula is C14H29ClN2O. The van der Waals surface area contributed by atoms with Crippen molar-refractivity contribution in [3.63, 3.8) is 0 Å². The Hall–Kier alpha value is -0.280. The van der Waals surface area contributed by atoms with Crippen LogP contribution >= 0.6 is 12.4 Å². The lowest BCUT2D eigenvalue weighted by molar-refractivity contribution is -0.134. The first-order chi connectivity index (χ1) is 7.70. The molecule has 1 heterocycles. The van der Waals surface area contributed by atoms with Gasteiger partial charge in [0.25, 0.3) is 0 Å². The van der Waals surface area contributed by atoms with Crippen molar-refractivity contribution in [3.8, 4) is 0 Å². The lowest BCUT2D eigenvalue weighted by Gasteiger charge is -2.37. The minimum Gasteiger partial charge on any atom is -0.340 e. The highest BCUT2D eigenvalue weighted by Crippen LogP contribution is 2.28. The first kappa shape index (κ1) is 17.7. The van der Waals surface area contributed by atoms with Gasteiger partial charge in [-0.2, -0.15) is 0 Å². The van der Waals surface area contributed by atoms with Crippen molar-refractivity contribution in [1.29, 1.82) is 0 Å². The molecule has 1 aliphatic heterocycles. The largest absolute Gasteiger partial charge is 0.340 e. The standard InChI is InChI=1S/C14H28N2O.ClH/c1-10(14(4,5)6)7-13(17)16-8-11(2)15-12(3)9-16;/h10-12,15H,7-9H2,1-6H3;1H. The minimum absolute atomic E-state index is 0. The van der Waals surface area contributed by atoms with Gasteiger partial charge in [-0.3, -0.25) is 4.79 Å². The monoisotopic (exact) mass is 276 g/mol. The van der Waals surface area contributed by atoms with Crippen LogP contribution in [0.4, 0.5) is 0 Å². The fourth-order valence-corrected chi connectivity index (χ4v) is 2.23. The molecule has 1 aliphatic rings. The number of hydrogen-bond acceptors (Lipinski definition) is 2. The van der Waals surface area contributed by atoms with Gasteiger partial charge < -0.3 is 10.2 Å². The molecule has 0 aromatic heterocycles. The maximum atomic E-state index is 12.2. The Morgan fingerprint density at radius 2 is 1.72 bits per heavy atom. The topological polar surface area (TPSA) is 32.3 Å². The van der Waals surface area contributed by atoms with Gasteiger partial charge in [0.1, 0.15) is 0 Å². The second-order valence-corrected chi connectivity index (χ2v) is 6.74. The fraction of sp³-hybridized carbons (Fsp3) is 0.929. The van der Waals surface area contributed by atoms with E-state index in [1.807, 2.05) is 4.90 Å². The molecule has 3 nitrogen and oxygen atoms in total. The van der Waals surface area contributed by atoms with Gasteiger partial charge in [-0.25, -0.2) is 0 Å². The van der Waals surface area contributed by atoms with E-state index in [4.69, 9.17) is 0 Å². The highest BCUT2D eigenvalue weighted by Gasteiger charge is 2.28. The average Bonchev–Trinajstić information content (AvgIpc) is 2.14. The Kier molecular flexibility index (Phi) is 6.66. The van der Waals surface area contributed by atoms with E-state index in [1.165, 1.54) is 0 Å². The van der Waals surface area contributed by atoms with Gasteiger partial charge in [-0.1, -0.05) is 27.7 Å². The number of rotatable bonds is 2. The first-order valence-electron chi connectivity index (χ1n) is 6.74. The number of carbonyl (C=O) groups is 1. The van der Waals surface area contributed by atoms with Crippen molar-refractivity contribution in [2.24, 2.45) is 11.3 Å². The molecule has 3 atom stereocenters. The maximum Gasteiger partial charge on any atom is 0.222 e. The van der Waals surface area contributed by atoms with Gasteiger partial charge >= 0.3 is 0 Å². The van der Waals surface area contributed by atoms with E-state index in [9.17, 15) is 4.79 Å². The molecule has 0 aromatic carbocycles. The minimum atomic E-state index is 0. The van der Waals surface area contributed by atoms with Gasteiger partial charge in [0, 0.05) is 31.6 Å². The predicted octanol–water partition coefficient (Wildman–Crippen LogP) is 2.69. The Bertz CT molecular complexity index is 265. The van der Waals surface area contributed by atoms with E-state index in [0.717, 1.165) is 13.1 Å². The van der Waals surface area contributed by atoms with E-state index in [1.54, 1.807) is 0 Å². The molecule has 0 aliphatic carbocycles. The number of halogens is 1. The summed E-state index contributed by atoms with van der Waals surface area (Å²) in [6.45, 7) is 14.8. The second-order valence-electron chi connectivity index (χ2n) is 6.74. The van der Waals surface area contributed by atoms with E-state index in [2.05, 4.69) is 46.9 Å². The number of carbonyl (C=O) groups excluding carboxylic acids is 1. The van der Waals surface area contributed by atoms with Crippen LogP contribution in [0.5, 0.6) is 0 Å². The first-order valence-corrected chi connectivity index (χ1v) is 6.74. The van der Waals surface area contributed by atoms with Crippen LogP contribution < -0.4 is 5.32 Å². The van der Waals surface area contributed by atoms with E-state index in [-0.39, 0.29) is 17.8 Å². The van der Waals surface area contributed by atoms with Crippen LogP contribution in [-0.2, 0) is 4.79 Å². The Balaban J connectivity index is 0.00000289. The summed E-state index contributed by atoms with van der Waals surface area (Å²) in [6.07, 6.45) is 0.670. The van der Waals surface area contributed by atoms with Crippen molar-refractivity contribution in [2.45, 2.75) is 60.0 Å². The summed E-state index contributed by atoms with van der Waals surface area (Å²) in [5, 5.41) is 3.45. The summed E-state index contributed by atoms with van der Waals surface area (Å²) in [6, 6.07) is 0.820. The predicted molar refractivity (Wildman–Crippen MR) is 79.1 cm³/mol. The van der Waals surface area contributed by atoms with Crippen molar-refractivity contribution in [2.75, 3.05) is 13.1 Å². The molecule has 0 bridgehead atoms. The molecule has 3 unspecified atom stereocenters. The molecule has 18 heavy (non-hydrogen) atoms. The van der Waals surface area contributed by atoms with Gasteiger partial charge in [-0.15, -0.1) is 12.4 Å². The molecule has 1 N–H and O–H groups in total. The second kappa shape index (κ2) is 6.76. The third-order valence-corrected chi connectivity index (χ3v) is 3.87. The zero-order valence-electron chi connectivity index (χ0n) is 12.6. The Morgan fingerprint density at radius 3 is 2.11 bits per heavy atom. The van der Waals surface area contributed by atoms with Gasteiger partial charge in [0.2, 0.25) is 5.91 Å². The quantitative estimate of drug-likeness (QED) is 0.841. The van der Waals surface area contributed by atoms with Crippen molar-refractivity contribution < 1.29 is 4.79 Å². The molecule has 108 valence electrons. The van der Waals surface area contributed by atoms with E-state index < -0.39 is 0 Å². The van der Waals surface area contributed by atoms with Crippen molar-refractivity contribution in [1.82, 2.24) is 10.2 Å². The molecule has 0 radical (unpaired) electrons. The fourth-order valence-electron chi connectivity index (χ4n) is 2.23. The number of amides is 1. The highest BCUT2D eigenvalue weighted by atomic mass is 35.5. The molecule has 4 heteroatoms. The Labute approximate surface area is 118 Å². The van der Waals surface area contributed by atoms with Gasteiger partial charge in [-0.05, 0) is 25.2 Å². The van der Waals surface area contributed by atoms with Gasteiger partial charge in [0.15, 0.2) is 0 Å². The normalized spacial score (nSPS) is 26.4. The zero-order valence-corrected chi connectivity index (χ0v) is 13.4. The SMILES string of the molecule is CC1CN(C(=O)CC(C)C(C)(C)C)CC(C)N1.Cl. The molecule has 1 amide bonds. The smallest absolute Gasteiger partial charge is 0.222 e. The van der Waals surface area contributed by atoms with Crippen LogP contribution in [0.1, 0.15) is 48.0 Å². The summed E-state index contributed by atoms with van der Waals surface area (Å²) >= 11 is 0. The lowest BCUT2D eigenvalue weighted by Crippen LogP contribution is -2.56. The Morgan fingerprint density at radius 1 is 1.28 bits per heavy atom. The molecule has 1 fully saturated rings. The zero-order chi connectivity index (χ0) is 13.2. The van der Waals surface area contributed by atoms with Crippen molar-refractivity contribution >= 4 is 18.3 Å². The third-order valence-electron chi connectivity index (χ3n) is 3.87. The van der Waals surface area contributed by atoms with Crippen LogP contribution in [-0.4, -0.2) is 36.0 Å². The summed E-state index contributed by atoms with van der Waals surface area (Å²) in [5.74, 6) is 0.739.